The van der Waals surface area contributed by atoms with Gasteiger partial charge in [0.15, 0.2) is 0 Å². The van der Waals surface area contributed by atoms with Crippen molar-refractivity contribution in [3.63, 3.8) is 0 Å². The standard InChI is InChI=1S/C23H30O3/c1-7-20(24)26-23(25-6)11-10-17(15-23)16-8-9-18-19(14-16)22(4,5)13-12-21(18,2)3/h1,8-9,14,17H,10-13,15H2,2-6H3. The molecule has 2 aliphatic carbocycles. The summed E-state index contributed by atoms with van der Waals surface area (Å²) in [4.78, 5) is 11.6. The first-order chi connectivity index (χ1) is 12.1. The zero-order valence-corrected chi connectivity index (χ0v) is 16.6. The van der Waals surface area contributed by atoms with E-state index in [1.54, 1.807) is 7.11 Å². The lowest BCUT2D eigenvalue weighted by Crippen LogP contribution is -2.34. The first-order valence-corrected chi connectivity index (χ1v) is 9.52. The minimum Gasteiger partial charge on any atom is -0.423 e. The van der Waals surface area contributed by atoms with Crippen molar-refractivity contribution in [2.75, 3.05) is 7.11 Å². The van der Waals surface area contributed by atoms with Gasteiger partial charge in [-0.3, -0.25) is 0 Å². The minimum atomic E-state index is -0.890. The van der Waals surface area contributed by atoms with Crippen molar-refractivity contribution in [1.82, 2.24) is 0 Å². The van der Waals surface area contributed by atoms with E-state index in [-0.39, 0.29) is 10.8 Å². The van der Waals surface area contributed by atoms with E-state index in [9.17, 15) is 4.79 Å². The van der Waals surface area contributed by atoms with Gasteiger partial charge in [0.1, 0.15) is 0 Å². The van der Waals surface area contributed by atoms with Gasteiger partial charge in [-0.05, 0) is 52.7 Å². The number of methoxy groups -OCH3 is 1. The topological polar surface area (TPSA) is 35.5 Å². The molecule has 0 N–H and O–H groups in total. The SMILES string of the molecule is C#CC(=O)OC1(OC)CCC(c2ccc3c(c2)C(C)(C)CCC3(C)C)C1. The summed E-state index contributed by atoms with van der Waals surface area (Å²) in [5.74, 6) is 0.795. The van der Waals surface area contributed by atoms with Gasteiger partial charge >= 0.3 is 5.97 Å². The summed E-state index contributed by atoms with van der Waals surface area (Å²) in [6.45, 7) is 9.36. The summed E-state index contributed by atoms with van der Waals surface area (Å²) < 4.78 is 11.0. The van der Waals surface area contributed by atoms with Gasteiger partial charge in [0.25, 0.3) is 0 Å². The number of rotatable bonds is 3. The first kappa shape index (κ1) is 19.0. The Morgan fingerprint density at radius 2 is 1.77 bits per heavy atom. The molecule has 0 radical (unpaired) electrons. The molecule has 0 spiro atoms. The van der Waals surface area contributed by atoms with Crippen LogP contribution in [0.2, 0.25) is 0 Å². The predicted molar refractivity (Wildman–Crippen MR) is 103 cm³/mol. The number of carbonyl (C=O) groups excluding carboxylic acids is 1. The van der Waals surface area contributed by atoms with Crippen LogP contribution in [0.4, 0.5) is 0 Å². The lowest BCUT2D eigenvalue weighted by Gasteiger charge is -2.42. The van der Waals surface area contributed by atoms with Gasteiger partial charge in [-0.1, -0.05) is 45.9 Å². The van der Waals surface area contributed by atoms with E-state index in [2.05, 4.69) is 45.9 Å². The molecular formula is C23H30O3. The Morgan fingerprint density at radius 1 is 1.12 bits per heavy atom. The van der Waals surface area contributed by atoms with Crippen molar-refractivity contribution in [2.45, 2.75) is 82.3 Å². The van der Waals surface area contributed by atoms with Crippen LogP contribution >= 0.6 is 0 Å². The molecule has 3 heteroatoms. The molecule has 3 nitrogen and oxygen atoms in total. The fourth-order valence-electron chi connectivity index (χ4n) is 4.64. The third-order valence-electron chi connectivity index (χ3n) is 6.55. The molecule has 0 heterocycles. The van der Waals surface area contributed by atoms with Crippen molar-refractivity contribution < 1.29 is 14.3 Å². The second-order valence-electron chi connectivity index (χ2n) is 9.16. The van der Waals surface area contributed by atoms with Gasteiger partial charge in [0.05, 0.1) is 0 Å². The molecule has 1 aromatic carbocycles. The fraction of sp³-hybridized carbons (Fsp3) is 0.609. The van der Waals surface area contributed by atoms with Gasteiger partial charge < -0.3 is 9.47 Å². The molecule has 1 fully saturated rings. The second kappa shape index (κ2) is 6.43. The molecule has 0 bridgehead atoms. The Kier molecular flexibility index (Phi) is 4.69. The third kappa shape index (κ3) is 3.28. The highest BCUT2D eigenvalue weighted by Crippen LogP contribution is 2.49. The summed E-state index contributed by atoms with van der Waals surface area (Å²) in [5, 5.41) is 0. The second-order valence-corrected chi connectivity index (χ2v) is 9.16. The summed E-state index contributed by atoms with van der Waals surface area (Å²) in [7, 11) is 1.59. The van der Waals surface area contributed by atoms with Crippen LogP contribution in [0.25, 0.3) is 0 Å². The molecule has 1 aromatic rings. The van der Waals surface area contributed by atoms with E-state index < -0.39 is 11.8 Å². The number of carbonyl (C=O) groups is 1. The number of fused-ring (bicyclic) bond motifs is 1. The van der Waals surface area contributed by atoms with Crippen LogP contribution in [0.5, 0.6) is 0 Å². The van der Waals surface area contributed by atoms with Crippen molar-refractivity contribution in [1.29, 1.82) is 0 Å². The van der Waals surface area contributed by atoms with Crippen LogP contribution in [0.1, 0.15) is 82.4 Å². The Morgan fingerprint density at radius 3 is 2.38 bits per heavy atom. The van der Waals surface area contributed by atoms with Gasteiger partial charge in [0, 0.05) is 25.9 Å². The molecule has 2 atom stereocenters. The van der Waals surface area contributed by atoms with Crippen LogP contribution in [0.3, 0.4) is 0 Å². The number of terminal acetylenes is 1. The van der Waals surface area contributed by atoms with Gasteiger partial charge in [0.2, 0.25) is 5.79 Å². The number of benzene rings is 1. The molecule has 26 heavy (non-hydrogen) atoms. The van der Waals surface area contributed by atoms with Crippen LogP contribution in [0, 0.1) is 12.3 Å². The molecule has 0 saturated heterocycles. The molecule has 1 saturated carbocycles. The van der Waals surface area contributed by atoms with Crippen molar-refractivity contribution in [2.24, 2.45) is 0 Å². The van der Waals surface area contributed by atoms with E-state index >= 15 is 0 Å². The molecule has 3 rings (SSSR count). The minimum absolute atomic E-state index is 0.188. The van der Waals surface area contributed by atoms with Crippen LogP contribution in [0.15, 0.2) is 18.2 Å². The highest BCUT2D eigenvalue weighted by atomic mass is 16.7. The maximum atomic E-state index is 11.6. The van der Waals surface area contributed by atoms with Gasteiger partial charge in [-0.25, -0.2) is 4.79 Å². The van der Waals surface area contributed by atoms with E-state index in [1.165, 1.54) is 29.5 Å². The smallest absolute Gasteiger partial charge is 0.386 e. The zero-order valence-electron chi connectivity index (χ0n) is 16.6. The largest absolute Gasteiger partial charge is 0.423 e. The summed E-state index contributed by atoms with van der Waals surface area (Å²) in [5.41, 5.74) is 4.64. The lowest BCUT2D eigenvalue weighted by molar-refractivity contribution is -0.213. The van der Waals surface area contributed by atoms with Crippen molar-refractivity contribution in [3.05, 3.63) is 34.9 Å². The number of hydrogen-bond acceptors (Lipinski definition) is 3. The zero-order chi connectivity index (χ0) is 19.2. The van der Waals surface area contributed by atoms with E-state index in [0.29, 0.717) is 18.8 Å². The Bertz CT molecular complexity index is 753. The number of hydrogen-bond donors (Lipinski definition) is 0. The summed E-state index contributed by atoms with van der Waals surface area (Å²) in [6.07, 6.45) is 9.82. The Hall–Kier alpha value is -1.79. The first-order valence-electron chi connectivity index (χ1n) is 9.52. The molecule has 2 unspecified atom stereocenters. The number of ether oxygens (including phenoxy) is 2. The molecule has 140 valence electrons. The quantitative estimate of drug-likeness (QED) is 0.338. The van der Waals surface area contributed by atoms with Crippen molar-refractivity contribution in [3.8, 4) is 12.3 Å². The molecule has 0 aromatic heterocycles. The lowest BCUT2D eigenvalue weighted by atomic mass is 9.62. The molecular weight excluding hydrogens is 324 g/mol. The predicted octanol–water partition coefficient (Wildman–Crippen LogP) is 4.82. The Labute approximate surface area is 157 Å². The molecule has 0 amide bonds. The average molecular weight is 354 g/mol. The average Bonchev–Trinajstić information content (AvgIpc) is 3.03. The normalized spacial score (nSPS) is 28.8. The van der Waals surface area contributed by atoms with E-state index in [4.69, 9.17) is 15.9 Å². The van der Waals surface area contributed by atoms with Crippen LogP contribution in [-0.4, -0.2) is 18.9 Å². The molecule has 0 aliphatic heterocycles. The highest BCUT2D eigenvalue weighted by molar-refractivity contribution is 5.87. The van der Waals surface area contributed by atoms with Crippen molar-refractivity contribution >= 4 is 5.97 Å². The fourth-order valence-corrected chi connectivity index (χ4v) is 4.64. The Balaban J connectivity index is 1.90. The van der Waals surface area contributed by atoms with Crippen LogP contribution < -0.4 is 0 Å². The van der Waals surface area contributed by atoms with E-state index in [1.807, 2.05) is 5.92 Å². The summed E-state index contributed by atoms with van der Waals surface area (Å²) >= 11 is 0. The van der Waals surface area contributed by atoms with Gasteiger partial charge in [-0.15, -0.1) is 6.42 Å². The maximum absolute atomic E-state index is 11.6. The molecule has 2 aliphatic rings. The number of esters is 1. The highest BCUT2D eigenvalue weighted by Gasteiger charge is 2.44. The third-order valence-corrected chi connectivity index (χ3v) is 6.55. The maximum Gasteiger partial charge on any atom is 0.386 e. The van der Waals surface area contributed by atoms with E-state index in [0.717, 1.165) is 6.42 Å². The van der Waals surface area contributed by atoms with Gasteiger partial charge in [-0.2, -0.15) is 0 Å². The van der Waals surface area contributed by atoms with Crippen LogP contribution in [-0.2, 0) is 25.1 Å². The monoisotopic (exact) mass is 354 g/mol. The summed E-state index contributed by atoms with van der Waals surface area (Å²) in [6, 6.07) is 6.95.